The van der Waals surface area contributed by atoms with E-state index in [9.17, 15) is 9.18 Å². The molecule has 5 heteroatoms. The Bertz CT molecular complexity index is 764. The molecule has 0 aliphatic heterocycles. The van der Waals surface area contributed by atoms with Crippen LogP contribution < -0.4 is 0 Å². The van der Waals surface area contributed by atoms with Gasteiger partial charge >= 0.3 is 0 Å². The number of carbonyl (C=O) groups excluding carboxylic acids is 1. The zero-order valence-electron chi connectivity index (χ0n) is 16.1. The molecule has 26 heavy (non-hydrogen) atoms. The molecule has 142 valence electrons. The van der Waals surface area contributed by atoms with E-state index >= 15 is 0 Å². The Morgan fingerprint density at radius 2 is 1.92 bits per heavy atom. The third kappa shape index (κ3) is 4.26. The second-order valence-corrected chi connectivity index (χ2v) is 7.68. The molecule has 1 aliphatic carbocycles. The van der Waals surface area contributed by atoms with Gasteiger partial charge in [0.1, 0.15) is 5.82 Å². The quantitative estimate of drug-likeness (QED) is 0.850. The minimum atomic E-state index is -0.271. The van der Waals surface area contributed by atoms with Crippen molar-refractivity contribution < 1.29 is 9.18 Å². The van der Waals surface area contributed by atoms with Crippen LogP contribution in [0.3, 0.4) is 0 Å². The first-order valence-electron chi connectivity index (χ1n) is 9.66. The summed E-state index contributed by atoms with van der Waals surface area (Å²) in [6, 6.07) is 5.34. The van der Waals surface area contributed by atoms with Crippen LogP contribution in [0.5, 0.6) is 0 Å². The number of H-pyrrole nitrogens is 1. The topological polar surface area (TPSA) is 39.3 Å². The summed E-state index contributed by atoms with van der Waals surface area (Å²) in [5, 5.41) is 0.809. The molecule has 1 amide bonds. The number of fused-ring (bicyclic) bond motifs is 1. The monoisotopic (exact) mass is 359 g/mol. The van der Waals surface area contributed by atoms with Crippen molar-refractivity contribution in [1.29, 1.82) is 0 Å². The molecule has 0 spiro atoms. The molecule has 3 rings (SSSR count). The van der Waals surface area contributed by atoms with Crippen LogP contribution in [0.1, 0.15) is 43.4 Å². The number of nitrogens with one attached hydrogen (secondary N) is 1. The molecule has 0 saturated heterocycles. The van der Waals surface area contributed by atoms with E-state index in [2.05, 4.69) is 16.9 Å². The van der Waals surface area contributed by atoms with Crippen LogP contribution in [0.15, 0.2) is 18.2 Å². The van der Waals surface area contributed by atoms with E-state index in [1.165, 1.54) is 44.2 Å². The number of likely N-dealkylation sites (N-methyl/N-ethyl adjacent to an activating group) is 2. The summed E-state index contributed by atoms with van der Waals surface area (Å²) in [5.74, 6) is -0.192. The van der Waals surface area contributed by atoms with Crippen molar-refractivity contribution >= 4 is 16.8 Å². The highest BCUT2D eigenvalue weighted by atomic mass is 19.1. The van der Waals surface area contributed by atoms with Gasteiger partial charge in [0.25, 0.3) is 0 Å². The first kappa shape index (κ1) is 18.9. The van der Waals surface area contributed by atoms with Crippen LogP contribution in [-0.4, -0.2) is 53.9 Å². The number of aromatic nitrogens is 1. The van der Waals surface area contributed by atoms with Gasteiger partial charge in [-0.25, -0.2) is 4.39 Å². The first-order chi connectivity index (χ1) is 12.5. The lowest BCUT2D eigenvalue weighted by molar-refractivity contribution is -0.129. The van der Waals surface area contributed by atoms with Gasteiger partial charge in [-0.05, 0) is 50.6 Å². The molecule has 1 aromatic carbocycles. The Hall–Kier alpha value is -1.88. The maximum Gasteiger partial charge on any atom is 0.226 e. The van der Waals surface area contributed by atoms with Gasteiger partial charge in [-0.3, -0.25) is 4.79 Å². The summed E-state index contributed by atoms with van der Waals surface area (Å²) in [5.41, 5.74) is 2.72. The molecular weight excluding hydrogens is 329 g/mol. The van der Waals surface area contributed by atoms with Crippen molar-refractivity contribution in [2.45, 2.75) is 51.5 Å². The summed E-state index contributed by atoms with van der Waals surface area (Å²) in [6.07, 6.45) is 6.84. The van der Waals surface area contributed by atoms with E-state index < -0.39 is 0 Å². The normalized spacial score (nSPS) is 15.7. The van der Waals surface area contributed by atoms with Crippen molar-refractivity contribution in [2.24, 2.45) is 0 Å². The number of carbonyl (C=O) groups is 1. The van der Waals surface area contributed by atoms with E-state index in [4.69, 9.17) is 0 Å². The van der Waals surface area contributed by atoms with Gasteiger partial charge in [0, 0.05) is 42.8 Å². The number of aromatic amines is 1. The zero-order valence-corrected chi connectivity index (χ0v) is 16.1. The van der Waals surface area contributed by atoms with Gasteiger partial charge in [0.15, 0.2) is 0 Å². The van der Waals surface area contributed by atoms with Crippen molar-refractivity contribution in [1.82, 2.24) is 14.8 Å². The van der Waals surface area contributed by atoms with E-state index in [1.807, 2.05) is 14.0 Å². The Balaban J connectivity index is 1.59. The summed E-state index contributed by atoms with van der Waals surface area (Å²) in [4.78, 5) is 20.1. The lowest BCUT2D eigenvalue weighted by Crippen LogP contribution is -2.40. The average Bonchev–Trinajstić information content (AvgIpc) is 2.95. The van der Waals surface area contributed by atoms with Crippen molar-refractivity contribution in [2.75, 3.05) is 27.2 Å². The van der Waals surface area contributed by atoms with Gasteiger partial charge in [0.2, 0.25) is 5.91 Å². The molecule has 1 fully saturated rings. The SMILES string of the molecule is Cc1[nH]c2ccc(F)cc2c1CC(=O)N(C)CCN(C)C1CCCCC1. The van der Waals surface area contributed by atoms with Crippen LogP contribution in [0.25, 0.3) is 10.9 Å². The zero-order chi connectivity index (χ0) is 18.7. The molecule has 1 aliphatic rings. The van der Waals surface area contributed by atoms with Crippen LogP contribution in [0.4, 0.5) is 4.39 Å². The molecule has 1 aromatic heterocycles. The maximum atomic E-state index is 13.6. The largest absolute Gasteiger partial charge is 0.358 e. The number of amides is 1. The third-order valence-corrected chi connectivity index (χ3v) is 5.82. The van der Waals surface area contributed by atoms with Gasteiger partial charge in [0.05, 0.1) is 6.42 Å². The van der Waals surface area contributed by atoms with Crippen LogP contribution in [0, 0.1) is 12.7 Å². The molecule has 1 heterocycles. The highest BCUT2D eigenvalue weighted by molar-refractivity contribution is 5.90. The summed E-state index contributed by atoms with van der Waals surface area (Å²) in [7, 11) is 4.03. The van der Waals surface area contributed by atoms with Gasteiger partial charge in [-0.15, -0.1) is 0 Å². The lowest BCUT2D eigenvalue weighted by atomic mass is 9.94. The first-order valence-corrected chi connectivity index (χ1v) is 9.66. The number of nitrogens with zero attached hydrogens (tertiary/aromatic N) is 2. The smallest absolute Gasteiger partial charge is 0.226 e. The van der Waals surface area contributed by atoms with E-state index in [1.54, 1.807) is 11.0 Å². The van der Waals surface area contributed by atoms with Crippen LogP contribution >= 0.6 is 0 Å². The summed E-state index contributed by atoms with van der Waals surface area (Å²) in [6.45, 7) is 3.56. The minimum Gasteiger partial charge on any atom is -0.358 e. The number of hydrogen-bond donors (Lipinski definition) is 1. The minimum absolute atomic E-state index is 0.0790. The molecule has 1 N–H and O–H groups in total. The predicted molar refractivity (Wildman–Crippen MR) is 104 cm³/mol. The predicted octanol–water partition coefficient (Wildman–Crippen LogP) is 3.88. The van der Waals surface area contributed by atoms with E-state index in [0.29, 0.717) is 12.5 Å². The highest BCUT2D eigenvalue weighted by Crippen LogP contribution is 2.24. The molecule has 0 bridgehead atoms. The standard InChI is InChI=1S/C21H30FN3O/c1-15-18(19-13-16(22)9-10-20(19)23-15)14-21(26)25(3)12-11-24(2)17-7-5-4-6-8-17/h9-10,13,17,23H,4-8,11-12,14H2,1-3H3. The van der Waals surface area contributed by atoms with Crippen molar-refractivity contribution in [3.8, 4) is 0 Å². The third-order valence-electron chi connectivity index (χ3n) is 5.82. The molecule has 1 saturated carbocycles. The van der Waals surface area contributed by atoms with Gasteiger partial charge < -0.3 is 14.8 Å². The highest BCUT2D eigenvalue weighted by Gasteiger charge is 2.20. The summed E-state index contributed by atoms with van der Waals surface area (Å²) < 4.78 is 13.6. The van der Waals surface area contributed by atoms with Crippen LogP contribution in [0.2, 0.25) is 0 Å². The average molecular weight is 359 g/mol. The second-order valence-electron chi connectivity index (χ2n) is 7.68. The van der Waals surface area contributed by atoms with E-state index in [0.717, 1.165) is 35.2 Å². The van der Waals surface area contributed by atoms with Gasteiger partial charge in [-0.2, -0.15) is 0 Å². The molecule has 2 aromatic rings. The molecule has 0 radical (unpaired) electrons. The van der Waals surface area contributed by atoms with Gasteiger partial charge in [-0.1, -0.05) is 19.3 Å². The van der Waals surface area contributed by atoms with Crippen LogP contribution in [-0.2, 0) is 11.2 Å². The molecule has 0 unspecified atom stereocenters. The maximum absolute atomic E-state index is 13.6. The Morgan fingerprint density at radius 3 is 2.65 bits per heavy atom. The molecule has 4 nitrogen and oxygen atoms in total. The fraction of sp³-hybridized carbons (Fsp3) is 0.571. The lowest BCUT2D eigenvalue weighted by Gasteiger charge is -2.32. The van der Waals surface area contributed by atoms with Crippen molar-refractivity contribution in [3.05, 3.63) is 35.3 Å². The number of halogens is 1. The van der Waals surface area contributed by atoms with Crippen molar-refractivity contribution in [3.63, 3.8) is 0 Å². The summed E-state index contributed by atoms with van der Waals surface area (Å²) >= 11 is 0. The fourth-order valence-corrected chi connectivity index (χ4v) is 4.01. The Kier molecular flexibility index (Phi) is 5.97. The number of aryl methyl sites for hydroxylation is 1. The number of benzene rings is 1. The second kappa shape index (κ2) is 8.21. The Morgan fingerprint density at radius 1 is 1.19 bits per heavy atom. The fourth-order valence-electron chi connectivity index (χ4n) is 4.01. The molecular formula is C21H30FN3O. The molecule has 0 atom stereocenters. The van der Waals surface area contributed by atoms with E-state index in [-0.39, 0.29) is 11.7 Å². The Labute approximate surface area is 155 Å². The number of hydrogen-bond acceptors (Lipinski definition) is 2. The number of rotatable bonds is 6.